The number of rotatable bonds is 3. The van der Waals surface area contributed by atoms with E-state index in [4.69, 9.17) is 5.73 Å². The number of Topliss-reactive ketones (excluding diaryl/α,β-unsaturated/α-hetero) is 1. The molecule has 2 rings (SSSR count). The summed E-state index contributed by atoms with van der Waals surface area (Å²) in [5.41, 5.74) is 6.65. The number of aromatic nitrogens is 2. The van der Waals surface area contributed by atoms with Gasteiger partial charge in [-0.2, -0.15) is 5.10 Å². The third-order valence-electron chi connectivity index (χ3n) is 3.05. The number of nitrogens with zero attached hydrogens (tertiary/aromatic N) is 2. The predicted molar refractivity (Wildman–Crippen MR) is 57.2 cm³/mol. The fourth-order valence-corrected chi connectivity index (χ4v) is 2.19. The molecule has 1 aliphatic carbocycles. The van der Waals surface area contributed by atoms with Crippen LogP contribution in [0, 0.1) is 5.92 Å². The Hall–Kier alpha value is -1.16. The molecule has 82 valence electrons. The van der Waals surface area contributed by atoms with E-state index >= 15 is 0 Å². The topological polar surface area (TPSA) is 60.9 Å². The summed E-state index contributed by atoms with van der Waals surface area (Å²) in [6.45, 7) is 0. The first kappa shape index (κ1) is 10.4. The van der Waals surface area contributed by atoms with Crippen LogP contribution >= 0.6 is 0 Å². The van der Waals surface area contributed by atoms with Crippen LogP contribution in [0.25, 0.3) is 0 Å². The van der Waals surface area contributed by atoms with Gasteiger partial charge in [0.25, 0.3) is 0 Å². The summed E-state index contributed by atoms with van der Waals surface area (Å²) in [7, 11) is 1.86. The van der Waals surface area contributed by atoms with Crippen molar-refractivity contribution < 1.29 is 4.79 Å². The maximum absolute atomic E-state index is 11.9. The number of carbonyl (C=O) groups excluding carboxylic acids is 1. The van der Waals surface area contributed by atoms with E-state index in [0.29, 0.717) is 12.2 Å². The normalized spacial score (nSPS) is 25.7. The third-order valence-corrected chi connectivity index (χ3v) is 3.05. The molecule has 2 N–H and O–H groups in total. The van der Waals surface area contributed by atoms with Crippen LogP contribution in [0.4, 0.5) is 0 Å². The van der Waals surface area contributed by atoms with Crippen LogP contribution in [0.3, 0.4) is 0 Å². The largest absolute Gasteiger partial charge is 0.328 e. The zero-order valence-electron chi connectivity index (χ0n) is 9.02. The molecule has 1 aromatic rings. The van der Waals surface area contributed by atoms with E-state index in [1.807, 2.05) is 19.3 Å². The zero-order valence-corrected chi connectivity index (χ0v) is 9.02. The van der Waals surface area contributed by atoms with Gasteiger partial charge in [-0.3, -0.25) is 9.48 Å². The van der Waals surface area contributed by atoms with Crippen molar-refractivity contribution in [3.05, 3.63) is 18.0 Å². The molecule has 0 spiro atoms. The minimum atomic E-state index is 0.169. The average Bonchev–Trinajstić information content (AvgIpc) is 2.75. The van der Waals surface area contributed by atoms with Crippen LogP contribution in [-0.2, 0) is 18.3 Å². The minimum absolute atomic E-state index is 0.169. The van der Waals surface area contributed by atoms with Gasteiger partial charge in [0.05, 0.1) is 12.1 Å². The molecule has 1 fully saturated rings. The highest BCUT2D eigenvalue weighted by molar-refractivity contribution is 5.83. The van der Waals surface area contributed by atoms with E-state index in [-0.39, 0.29) is 12.0 Å². The lowest BCUT2D eigenvalue weighted by molar-refractivity contribution is -0.122. The summed E-state index contributed by atoms with van der Waals surface area (Å²) in [5.74, 6) is 0.462. The van der Waals surface area contributed by atoms with E-state index < -0.39 is 0 Å². The number of carbonyl (C=O) groups is 1. The molecule has 15 heavy (non-hydrogen) atoms. The summed E-state index contributed by atoms with van der Waals surface area (Å²) in [6.07, 6.45) is 5.11. The summed E-state index contributed by atoms with van der Waals surface area (Å²) >= 11 is 0. The Morgan fingerprint density at radius 1 is 1.67 bits per heavy atom. The van der Waals surface area contributed by atoms with Gasteiger partial charge in [-0.25, -0.2) is 0 Å². The van der Waals surface area contributed by atoms with Crippen molar-refractivity contribution >= 4 is 5.78 Å². The Morgan fingerprint density at radius 2 is 2.47 bits per heavy atom. The molecule has 0 saturated heterocycles. The van der Waals surface area contributed by atoms with Crippen LogP contribution < -0.4 is 5.73 Å². The summed E-state index contributed by atoms with van der Waals surface area (Å²) in [4.78, 5) is 11.9. The van der Waals surface area contributed by atoms with Gasteiger partial charge in [-0.15, -0.1) is 0 Å². The molecule has 0 radical (unpaired) electrons. The number of hydrogen-bond donors (Lipinski definition) is 1. The van der Waals surface area contributed by atoms with E-state index in [0.717, 1.165) is 25.0 Å². The second-order valence-electron chi connectivity index (χ2n) is 4.39. The van der Waals surface area contributed by atoms with E-state index in [2.05, 4.69) is 5.10 Å². The van der Waals surface area contributed by atoms with Crippen molar-refractivity contribution in [1.82, 2.24) is 9.78 Å². The fourth-order valence-electron chi connectivity index (χ4n) is 2.19. The first-order valence-corrected chi connectivity index (χ1v) is 5.42. The SMILES string of the molecule is Cn1ccc(CC(=O)C2CCC(N)C2)n1. The van der Waals surface area contributed by atoms with Gasteiger partial charge in [0.2, 0.25) is 0 Å². The van der Waals surface area contributed by atoms with Gasteiger partial charge >= 0.3 is 0 Å². The predicted octanol–water partition coefficient (Wildman–Crippen LogP) is 0.659. The number of hydrogen-bond acceptors (Lipinski definition) is 3. The van der Waals surface area contributed by atoms with Gasteiger partial charge in [0, 0.05) is 25.2 Å². The fraction of sp³-hybridized carbons (Fsp3) is 0.636. The van der Waals surface area contributed by atoms with Crippen LogP contribution in [0.5, 0.6) is 0 Å². The maximum atomic E-state index is 11.9. The van der Waals surface area contributed by atoms with Crippen LogP contribution in [0.2, 0.25) is 0 Å². The smallest absolute Gasteiger partial charge is 0.142 e. The van der Waals surface area contributed by atoms with Gasteiger partial charge in [0.1, 0.15) is 5.78 Å². The lowest BCUT2D eigenvalue weighted by atomic mass is 9.99. The number of ketones is 1. The summed E-state index contributed by atoms with van der Waals surface area (Å²) in [6, 6.07) is 2.12. The van der Waals surface area contributed by atoms with Gasteiger partial charge < -0.3 is 5.73 Å². The summed E-state index contributed by atoms with van der Waals surface area (Å²) < 4.78 is 1.73. The molecule has 0 aliphatic heterocycles. The molecule has 0 amide bonds. The van der Waals surface area contributed by atoms with Crippen molar-refractivity contribution in [3.63, 3.8) is 0 Å². The molecular formula is C11H17N3O. The lowest BCUT2D eigenvalue weighted by Gasteiger charge is -2.06. The first-order chi connectivity index (χ1) is 7.15. The molecule has 4 nitrogen and oxygen atoms in total. The Morgan fingerprint density at radius 3 is 3.00 bits per heavy atom. The van der Waals surface area contributed by atoms with E-state index in [9.17, 15) is 4.79 Å². The van der Waals surface area contributed by atoms with Crippen molar-refractivity contribution in [3.8, 4) is 0 Å². The van der Waals surface area contributed by atoms with Gasteiger partial charge in [-0.1, -0.05) is 0 Å². The quantitative estimate of drug-likeness (QED) is 0.792. The van der Waals surface area contributed by atoms with E-state index in [1.54, 1.807) is 4.68 Å². The molecule has 2 atom stereocenters. The van der Waals surface area contributed by atoms with Gasteiger partial charge in [0.15, 0.2) is 0 Å². The van der Waals surface area contributed by atoms with Crippen LogP contribution in [0.15, 0.2) is 12.3 Å². The number of aryl methyl sites for hydroxylation is 1. The third kappa shape index (κ3) is 2.45. The van der Waals surface area contributed by atoms with Gasteiger partial charge in [-0.05, 0) is 25.3 Å². The van der Waals surface area contributed by atoms with Crippen molar-refractivity contribution in [2.24, 2.45) is 18.7 Å². The lowest BCUT2D eigenvalue weighted by Crippen LogP contribution is -2.19. The Balaban J connectivity index is 1.92. The monoisotopic (exact) mass is 207 g/mol. The van der Waals surface area contributed by atoms with Crippen molar-refractivity contribution in [2.75, 3.05) is 0 Å². The summed E-state index contributed by atoms with van der Waals surface area (Å²) in [5, 5.41) is 4.21. The standard InChI is InChI=1S/C11H17N3O/c1-14-5-4-10(13-14)7-11(15)8-2-3-9(12)6-8/h4-5,8-9H,2-3,6-7,12H2,1H3. The molecule has 0 aromatic carbocycles. The Kier molecular flexibility index (Phi) is 2.86. The minimum Gasteiger partial charge on any atom is -0.328 e. The second kappa shape index (κ2) is 4.14. The molecular weight excluding hydrogens is 190 g/mol. The maximum Gasteiger partial charge on any atom is 0.142 e. The molecule has 1 saturated carbocycles. The highest BCUT2D eigenvalue weighted by Crippen LogP contribution is 2.25. The molecule has 1 heterocycles. The van der Waals surface area contributed by atoms with Crippen LogP contribution in [-0.4, -0.2) is 21.6 Å². The molecule has 0 bridgehead atoms. The van der Waals surface area contributed by atoms with Crippen molar-refractivity contribution in [1.29, 1.82) is 0 Å². The molecule has 1 aromatic heterocycles. The van der Waals surface area contributed by atoms with E-state index in [1.165, 1.54) is 0 Å². The molecule has 2 unspecified atom stereocenters. The Bertz CT molecular complexity index is 358. The highest BCUT2D eigenvalue weighted by Gasteiger charge is 2.27. The highest BCUT2D eigenvalue weighted by atomic mass is 16.1. The first-order valence-electron chi connectivity index (χ1n) is 5.42. The number of nitrogens with two attached hydrogens (primary N) is 1. The average molecular weight is 207 g/mol. The molecule has 1 aliphatic rings. The van der Waals surface area contributed by atoms with Crippen molar-refractivity contribution in [2.45, 2.75) is 31.7 Å². The second-order valence-corrected chi connectivity index (χ2v) is 4.39. The zero-order chi connectivity index (χ0) is 10.8. The van der Waals surface area contributed by atoms with Crippen LogP contribution in [0.1, 0.15) is 25.0 Å². The molecule has 4 heteroatoms. The Labute approximate surface area is 89.5 Å².